The Morgan fingerprint density at radius 1 is 1.50 bits per heavy atom. The minimum absolute atomic E-state index is 0.272. The third kappa shape index (κ3) is 1.45. The molecular formula is C7H7BN2O2. The molecule has 2 N–H and O–H groups in total. The SMILES string of the molecule is Cc1c(C#N)cncc1B(O)O. The van der Waals surface area contributed by atoms with Crippen LogP contribution in [-0.2, 0) is 0 Å². The van der Waals surface area contributed by atoms with Gasteiger partial charge in [0.2, 0.25) is 0 Å². The maximum absolute atomic E-state index is 8.83. The predicted molar refractivity (Wildman–Crippen MR) is 43.5 cm³/mol. The summed E-state index contributed by atoms with van der Waals surface area (Å²) in [6, 6.07) is 1.91. The van der Waals surface area contributed by atoms with E-state index in [0.717, 1.165) is 0 Å². The molecule has 5 heteroatoms. The Morgan fingerprint density at radius 2 is 2.17 bits per heavy atom. The molecule has 0 amide bonds. The Kier molecular flexibility index (Phi) is 2.43. The molecule has 0 atom stereocenters. The largest absolute Gasteiger partial charge is 0.490 e. The molecule has 60 valence electrons. The zero-order valence-electron chi connectivity index (χ0n) is 6.52. The molecule has 0 aliphatic rings. The van der Waals surface area contributed by atoms with Crippen LogP contribution < -0.4 is 5.46 Å². The molecule has 0 spiro atoms. The molecule has 0 unspecified atom stereocenters. The van der Waals surface area contributed by atoms with Crippen molar-refractivity contribution in [2.45, 2.75) is 6.92 Å². The molecule has 0 aromatic carbocycles. The summed E-state index contributed by atoms with van der Waals surface area (Å²) in [4.78, 5) is 3.70. The van der Waals surface area contributed by atoms with Gasteiger partial charge in [0.25, 0.3) is 0 Å². The number of hydrogen-bond acceptors (Lipinski definition) is 4. The third-order valence-corrected chi connectivity index (χ3v) is 1.65. The van der Waals surface area contributed by atoms with E-state index in [0.29, 0.717) is 11.1 Å². The molecule has 1 heterocycles. The van der Waals surface area contributed by atoms with Crippen molar-refractivity contribution in [2.24, 2.45) is 0 Å². The smallest absolute Gasteiger partial charge is 0.423 e. The third-order valence-electron chi connectivity index (χ3n) is 1.65. The summed E-state index contributed by atoms with van der Waals surface area (Å²) >= 11 is 0. The van der Waals surface area contributed by atoms with E-state index in [9.17, 15) is 0 Å². The van der Waals surface area contributed by atoms with E-state index in [4.69, 9.17) is 15.3 Å². The molecule has 4 nitrogen and oxygen atoms in total. The first-order valence-corrected chi connectivity index (χ1v) is 3.37. The summed E-state index contributed by atoms with van der Waals surface area (Å²) in [5.74, 6) is 0. The zero-order valence-corrected chi connectivity index (χ0v) is 6.52. The van der Waals surface area contributed by atoms with Gasteiger partial charge in [-0.05, 0) is 12.5 Å². The van der Waals surface area contributed by atoms with Gasteiger partial charge in [0, 0.05) is 17.9 Å². The lowest BCUT2D eigenvalue weighted by Gasteiger charge is -2.03. The minimum atomic E-state index is -1.56. The minimum Gasteiger partial charge on any atom is -0.423 e. The highest BCUT2D eigenvalue weighted by Gasteiger charge is 2.15. The van der Waals surface area contributed by atoms with E-state index in [1.165, 1.54) is 12.4 Å². The highest BCUT2D eigenvalue weighted by molar-refractivity contribution is 6.59. The molecule has 1 aromatic heterocycles. The molecule has 0 saturated heterocycles. The average Bonchev–Trinajstić information content (AvgIpc) is 2.04. The van der Waals surface area contributed by atoms with Gasteiger partial charge in [0.1, 0.15) is 6.07 Å². The van der Waals surface area contributed by atoms with E-state index in [1.807, 2.05) is 6.07 Å². The molecule has 0 radical (unpaired) electrons. The Morgan fingerprint density at radius 3 is 2.67 bits per heavy atom. The van der Waals surface area contributed by atoms with Crippen molar-refractivity contribution in [1.29, 1.82) is 5.26 Å². The summed E-state index contributed by atoms with van der Waals surface area (Å²) in [7, 11) is -1.56. The summed E-state index contributed by atoms with van der Waals surface area (Å²) in [6.07, 6.45) is 2.72. The summed E-state index contributed by atoms with van der Waals surface area (Å²) in [5.41, 5.74) is 1.19. The van der Waals surface area contributed by atoms with Crippen LogP contribution in [0.2, 0.25) is 0 Å². The van der Waals surface area contributed by atoms with Crippen molar-refractivity contribution in [1.82, 2.24) is 4.98 Å². The fourth-order valence-corrected chi connectivity index (χ4v) is 0.914. The molecule has 0 bridgehead atoms. The van der Waals surface area contributed by atoms with Crippen LogP contribution in [0.3, 0.4) is 0 Å². The maximum atomic E-state index is 8.83. The van der Waals surface area contributed by atoms with Crippen LogP contribution in [0.25, 0.3) is 0 Å². The highest BCUT2D eigenvalue weighted by atomic mass is 16.4. The Labute approximate surface area is 70.3 Å². The topological polar surface area (TPSA) is 77.1 Å². The van der Waals surface area contributed by atoms with Gasteiger partial charge in [-0.25, -0.2) is 0 Å². The van der Waals surface area contributed by atoms with Gasteiger partial charge in [0.15, 0.2) is 0 Å². The van der Waals surface area contributed by atoms with E-state index in [2.05, 4.69) is 4.98 Å². The lowest BCUT2D eigenvalue weighted by molar-refractivity contribution is 0.425. The molecule has 0 fully saturated rings. The number of rotatable bonds is 1. The monoisotopic (exact) mass is 162 g/mol. The average molecular weight is 162 g/mol. The first-order valence-electron chi connectivity index (χ1n) is 3.37. The van der Waals surface area contributed by atoms with Crippen LogP contribution in [0.15, 0.2) is 12.4 Å². The Hall–Kier alpha value is -1.38. The van der Waals surface area contributed by atoms with Crippen molar-refractivity contribution in [3.8, 4) is 6.07 Å². The first kappa shape index (κ1) is 8.72. The quantitative estimate of drug-likeness (QED) is 0.516. The molecule has 0 saturated carbocycles. The van der Waals surface area contributed by atoms with Crippen LogP contribution >= 0.6 is 0 Å². The molecule has 12 heavy (non-hydrogen) atoms. The van der Waals surface area contributed by atoms with Crippen molar-refractivity contribution in [2.75, 3.05) is 0 Å². The van der Waals surface area contributed by atoms with Crippen LogP contribution in [0.1, 0.15) is 11.1 Å². The standard InChI is InChI=1S/C7H7BN2O2/c1-5-6(2-9)3-10-4-7(5)8(11)12/h3-4,11-12H,1H3. The van der Waals surface area contributed by atoms with E-state index < -0.39 is 7.12 Å². The number of hydrogen-bond donors (Lipinski definition) is 2. The normalized spacial score (nSPS) is 9.17. The Bertz CT molecular complexity index is 333. The fraction of sp³-hybridized carbons (Fsp3) is 0.143. The summed E-state index contributed by atoms with van der Waals surface area (Å²) in [5, 5.41) is 26.2. The second kappa shape index (κ2) is 3.35. The zero-order chi connectivity index (χ0) is 9.14. The maximum Gasteiger partial charge on any atom is 0.490 e. The number of aromatic nitrogens is 1. The van der Waals surface area contributed by atoms with Gasteiger partial charge in [-0.2, -0.15) is 5.26 Å². The van der Waals surface area contributed by atoms with Crippen LogP contribution in [0.4, 0.5) is 0 Å². The van der Waals surface area contributed by atoms with Crippen LogP contribution in [-0.4, -0.2) is 22.2 Å². The number of nitrogens with zero attached hydrogens (tertiary/aromatic N) is 2. The van der Waals surface area contributed by atoms with Gasteiger partial charge in [-0.1, -0.05) is 0 Å². The van der Waals surface area contributed by atoms with Crippen LogP contribution in [0, 0.1) is 18.3 Å². The van der Waals surface area contributed by atoms with Crippen molar-refractivity contribution in [3.63, 3.8) is 0 Å². The highest BCUT2D eigenvalue weighted by Crippen LogP contribution is 2.00. The lowest BCUT2D eigenvalue weighted by Crippen LogP contribution is -2.33. The number of nitriles is 1. The lowest BCUT2D eigenvalue weighted by atomic mass is 9.78. The second-order valence-electron chi connectivity index (χ2n) is 2.39. The van der Waals surface area contributed by atoms with E-state index in [1.54, 1.807) is 6.92 Å². The summed E-state index contributed by atoms with van der Waals surface area (Å²) in [6.45, 7) is 1.65. The van der Waals surface area contributed by atoms with Crippen LogP contribution in [0.5, 0.6) is 0 Å². The van der Waals surface area contributed by atoms with Crippen molar-refractivity contribution in [3.05, 3.63) is 23.5 Å². The van der Waals surface area contributed by atoms with Crippen molar-refractivity contribution < 1.29 is 10.0 Å². The van der Waals surface area contributed by atoms with Gasteiger partial charge < -0.3 is 10.0 Å². The molecule has 1 rings (SSSR count). The van der Waals surface area contributed by atoms with E-state index >= 15 is 0 Å². The molecular weight excluding hydrogens is 155 g/mol. The fourth-order valence-electron chi connectivity index (χ4n) is 0.914. The molecule has 0 aliphatic heterocycles. The van der Waals surface area contributed by atoms with Gasteiger partial charge in [-0.15, -0.1) is 0 Å². The number of pyridine rings is 1. The van der Waals surface area contributed by atoms with Crippen molar-refractivity contribution >= 4 is 12.6 Å². The van der Waals surface area contributed by atoms with Gasteiger partial charge >= 0.3 is 7.12 Å². The summed E-state index contributed by atoms with van der Waals surface area (Å²) < 4.78 is 0. The second-order valence-corrected chi connectivity index (χ2v) is 2.39. The van der Waals surface area contributed by atoms with E-state index in [-0.39, 0.29) is 5.46 Å². The van der Waals surface area contributed by atoms with Gasteiger partial charge in [-0.3, -0.25) is 4.98 Å². The molecule has 1 aromatic rings. The molecule has 0 aliphatic carbocycles. The first-order chi connectivity index (χ1) is 5.66. The van der Waals surface area contributed by atoms with Gasteiger partial charge in [0.05, 0.1) is 5.56 Å². The Balaban J connectivity index is 3.25. The predicted octanol–water partition coefficient (Wildman–Crippen LogP) is -1.06.